The molecule has 1 aliphatic heterocycles. The Morgan fingerprint density at radius 3 is 2.72 bits per heavy atom. The molecule has 1 heterocycles. The fourth-order valence-corrected chi connectivity index (χ4v) is 3.94. The van der Waals surface area contributed by atoms with Gasteiger partial charge in [-0.15, -0.1) is 11.8 Å². The minimum Gasteiger partial charge on any atom is -0.452 e. The van der Waals surface area contributed by atoms with Gasteiger partial charge in [-0.25, -0.2) is 4.79 Å². The van der Waals surface area contributed by atoms with Crippen LogP contribution in [0.1, 0.15) is 28.4 Å². The molecule has 6 nitrogen and oxygen atoms in total. The number of rotatable bonds is 6. The maximum absolute atomic E-state index is 12.5. The zero-order chi connectivity index (χ0) is 20.6. The van der Waals surface area contributed by atoms with Crippen LogP contribution in [0, 0.1) is 11.3 Å². The lowest BCUT2D eigenvalue weighted by Gasteiger charge is -2.30. The van der Waals surface area contributed by atoms with Gasteiger partial charge in [0.1, 0.15) is 0 Å². The topological polar surface area (TPSA) is 79.6 Å². The molecular formula is C22H22N2O4S. The average molecular weight is 410 g/mol. The highest BCUT2D eigenvalue weighted by atomic mass is 32.2. The van der Waals surface area contributed by atoms with Crippen molar-refractivity contribution in [2.75, 3.05) is 26.3 Å². The summed E-state index contributed by atoms with van der Waals surface area (Å²) in [7, 11) is 0. The number of morpholine rings is 1. The molecule has 2 aromatic rings. The quantitative estimate of drug-likeness (QED) is 0.537. The number of thioether (sulfide) groups is 1. The Kier molecular flexibility index (Phi) is 7.28. The molecule has 2 aromatic carbocycles. The highest BCUT2D eigenvalue weighted by molar-refractivity contribution is 7.98. The maximum Gasteiger partial charge on any atom is 0.339 e. The molecule has 0 saturated carbocycles. The summed E-state index contributed by atoms with van der Waals surface area (Å²) < 4.78 is 10.7. The third-order valence-corrected chi connectivity index (χ3v) is 5.65. The molecule has 1 amide bonds. The normalized spacial score (nSPS) is 16.1. The zero-order valence-corrected chi connectivity index (χ0v) is 17.0. The summed E-state index contributed by atoms with van der Waals surface area (Å²) in [6.07, 6.45) is -0.0113. The van der Waals surface area contributed by atoms with E-state index in [0.29, 0.717) is 36.6 Å². The van der Waals surface area contributed by atoms with Gasteiger partial charge in [-0.3, -0.25) is 4.79 Å². The SMILES string of the molecule is CC1CN(C(=O)COC(=O)c2ccccc2SCc2ccc(C#N)cc2)CCO1. The van der Waals surface area contributed by atoms with Crippen molar-refractivity contribution in [2.24, 2.45) is 0 Å². The maximum atomic E-state index is 12.5. The van der Waals surface area contributed by atoms with Crippen molar-refractivity contribution >= 4 is 23.6 Å². The van der Waals surface area contributed by atoms with Crippen molar-refractivity contribution in [3.05, 3.63) is 65.2 Å². The molecule has 1 fully saturated rings. The monoisotopic (exact) mass is 410 g/mol. The van der Waals surface area contributed by atoms with E-state index in [2.05, 4.69) is 6.07 Å². The molecule has 0 spiro atoms. The van der Waals surface area contributed by atoms with Gasteiger partial charge < -0.3 is 14.4 Å². The van der Waals surface area contributed by atoms with Gasteiger partial charge >= 0.3 is 5.97 Å². The second-order valence-electron chi connectivity index (χ2n) is 6.69. The largest absolute Gasteiger partial charge is 0.452 e. The summed E-state index contributed by atoms with van der Waals surface area (Å²) in [5.74, 6) is -0.0700. The number of carbonyl (C=O) groups excluding carboxylic acids is 2. The van der Waals surface area contributed by atoms with E-state index >= 15 is 0 Å². The number of benzene rings is 2. The van der Waals surface area contributed by atoms with Crippen LogP contribution in [0.3, 0.4) is 0 Å². The molecule has 0 radical (unpaired) electrons. The van der Waals surface area contributed by atoms with Crippen molar-refractivity contribution < 1.29 is 19.1 Å². The average Bonchev–Trinajstić information content (AvgIpc) is 2.76. The number of ether oxygens (including phenoxy) is 2. The number of carbonyl (C=O) groups is 2. The van der Waals surface area contributed by atoms with Crippen LogP contribution in [0.15, 0.2) is 53.4 Å². The van der Waals surface area contributed by atoms with Crippen molar-refractivity contribution in [1.29, 1.82) is 5.26 Å². The smallest absolute Gasteiger partial charge is 0.339 e. The van der Waals surface area contributed by atoms with Crippen LogP contribution in [-0.4, -0.2) is 49.2 Å². The van der Waals surface area contributed by atoms with Crippen LogP contribution in [-0.2, 0) is 20.0 Å². The molecular weight excluding hydrogens is 388 g/mol. The van der Waals surface area contributed by atoms with E-state index in [1.54, 1.807) is 29.2 Å². The summed E-state index contributed by atoms with van der Waals surface area (Å²) in [5.41, 5.74) is 2.10. The third kappa shape index (κ3) is 5.83. The van der Waals surface area contributed by atoms with Crippen molar-refractivity contribution in [3.63, 3.8) is 0 Å². The number of esters is 1. The van der Waals surface area contributed by atoms with Crippen LogP contribution in [0.25, 0.3) is 0 Å². The Morgan fingerprint density at radius 2 is 2.00 bits per heavy atom. The second kappa shape index (κ2) is 10.1. The summed E-state index contributed by atoms with van der Waals surface area (Å²) in [4.78, 5) is 27.3. The molecule has 1 saturated heterocycles. The lowest BCUT2D eigenvalue weighted by atomic mass is 10.2. The minimum atomic E-state index is -0.511. The standard InChI is InChI=1S/C22H22N2O4S/c1-16-13-24(10-11-27-16)21(25)14-28-22(26)19-4-2-3-5-20(19)29-15-18-8-6-17(12-23)7-9-18/h2-9,16H,10-11,13-15H2,1H3. The Bertz CT molecular complexity index is 908. The Hall–Kier alpha value is -2.82. The number of hydrogen-bond donors (Lipinski definition) is 0. The Balaban J connectivity index is 1.57. The van der Waals surface area contributed by atoms with Gasteiger partial charge in [-0.05, 0) is 36.8 Å². The van der Waals surface area contributed by atoms with Gasteiger partial charge in [0.2, 0.25) is 0 Å². The van der Waals surface area contributed by atoms with Crippen LogP contribution in [0.5, 0.6) is 0 Å². The van der Waals surface area contributed by atoms with Gasteiger partial charge in [0.15, 0.2) is 6.61 Å². The summed E-state index contributed by atoms with van der Waals surface area (Å²) in [6, 6.07) is 16.6. The first kappa shape index (κ1) is 20.9. The summed E-state index contributed by atoms with van der Waals surface area (Å²) in [5, 5.41) is 8.88. The minimum absolute atomic E-state index is 0.0113. The van der Waals surface area contributed by atoms with Gasteiger partial charge in [0.05, 0.1) is 29.9 Å². The molecule has 7 heteroatoms. The summed E-state index contributed by atoms with van der Waals surface area (Å²) >= 11 is 1.51. The van der Waals surface area contributed by atoms with Crippen LogP contribution in [0.2, 0.25) is 0 Å². The molecule has 150 valence electrons. The van der Waals surface area contributed by atoms with E-state index in [-0.39, 0.29) is 18.6 Å². The predicted molar refractivity (Wildman–Crippen MR) is 109 cm³/mol. The molecule has 1 unspecified atom stereocenters. The van der Waals surface area contributed by atoms with E-state index < -0.39 is 5.97 Å². The van der Waals surface area contributed by atoms with Crippen molar-refractivity contribution in [1.82, 2.24) is 4.90 Å². The molecule has 0 N–H and O–H groups in total. The van der Waals surface area contributed by atoms with E-state index in [4.69, 9.17) is 14.7 Å². The van der Waals surface area contributed by atoms with Crippen LogP contribution < -0.4 is 0 Å². The van der Waals surface area contributed by atoms with Gasteiger partial charge in [-0.2, -0.15) is 5.26 Å². The molecule has 29 heavy (non-hydrogen) atoms. The van der Waals surface area contributed by atoms with E-state index in [1.807, 2.05) is 31.2 Å². The van der Waals surface area contributed by atoms with Gasteiger partial charge in [0.25, 0.3) is 5.91 Å². The van der Waals surface area contributed by atoms with E-state index in [1.165, 1.54) is 11.8 Å². The highest BCUT2D eigenvalue weighted by Gasteiger charge is 2.23. The first-order valence-corrected chi connectivity index (χ1v) is 10.3. The predicted octanol–water partition coefficient (Wildman–Crippen LogP) is 3.25. The van der Waals surface area contributed by atoms with Gasteiger partial charge in [0, 0.05) is 23.7 Å². The first-order valence-electron chi connectivity index (χ1n) is 9.34. The van der Waals surface area contributed by atoms with E-state index in [9.17, 15) is 9.59 Å². The first-order chi connectivity index (χ1) is 14.1. The highest BCUT2D eigenvalue weighted by Crippen LogP contribution is 2.27. The van der Waals surface area contributed by atoms with Crippen LogP contribution >= 0.6 is 11.8 Å². The molecule has 1 atom stereocenters. The second-order valence-corrected chi connectivity index (χ2v) is 7.71. The molecule has 0 aliphatic carbocycles. The third-order valence-electron chi connectivity index (χ3n) is 4.50. The Labute approximate surface area is 174 Å². The van der Waals surface area contributed by atoms with Crippen molar-refractivity contribution in [3.8, 4) is 6.07 Å². The van der Waals surface area contributed by atoms with Gasteiger partial charge in [-0.1, -0.05) is 24.3 Å². The number of nitrogens with zero attached hydrogens (tertiary/aromatic N) is 2. The molecule has 0 aromatic heterocycles. The number of nitriles is 1. The molecule has 0 bridgehead atoms. The number of hydrogen-bond acceptors (Lipinski definition) is 6. The van der Waals surface area contributed by atoms with Crippen LogP contribution in [0.4, 0.5) is 0 Å². The Morgan fingerprint density at radius 1 is 1.24 bits per heavy atom. The lowest BCUT2D eigenvalue weighted by molar-refractivity contribution is -0.141. The lowest BCUT2D eigenvalue weighted by Crippen LogP contribution is -2.46. The fourth-order valence-electron chi connectivity index (χ4n) is 2.94. The fraction of sp³-hybridized carbons (Fsp3) is 0.318. The number of amides is 1. The van der Waals surface area contributed by atoms with E-state index in [0.717, 1.165) is 10.5 Å². The molecule has 3 rings (SSSR count). The zero-order valence-electron chi connectivity index (χ0n) is 16.2. The summed E-state index contributed by atoms with van der Waals surface area (Å²) in [6.45, 7) is 3.15. The molecule has 1 aliphatic rings. The van der Waals surface area contributed by atoms with Crippen molar-refractivity contribution in [2.45, 2.75) is 23.7 Å².